The number of amides is 1. The van der Waals surface area contributed by atoms with Gasteiger partial charge in [0.15, 0.2) is 6.10 Å². The van der Waals surface area contributed by atoms with Gasteiger partial charge in [-0.05, 0) is 26.0 Å². The molecule has 2 atom stereocenters. The molecule has 3 N–H and O–H groups in total. The van der Waals surface area contributed by atoms with E-state index in [2.05, 4.69) is 27.2 Å². The first kappa shape index (κ1) is 15.5. The van der Waals surface area contributed by atoms with Crippen LogP contribution in [0.1, 0.15) is 25.5 Å². The third kappa shape index (κ3) is 4.58. The molecule has 0 radical (unpaired) electrons. The van der Waals surface area contributed by atoms with Crippen molar-refractivity contribution in [2.45, 2.75) is 26.0 Å². The second-order valence-electron chi connectivity index (χ2n) is 4.15. The molecule has 19 heavy (non-hydrogen) atoms. The summed E-state index contributed by atoms with van der Waals surface area (Å²) in [5, 5.41) is 2.57. The zero-order valence-electron chi connectivity index (χ0n) is 10.9. The lowest BCUT2D eigenvalue weighted by atomic mass is 10.1. The van der Waals surface area contributed by atoms with Crippen molar-refractivity contribution in [2.75, 3.05) is 6.54 Å². The summed E-state index contributed by atoms with van der Waals surface area (Å²) < 4.78 is 6.52. The molecule has 0 aromatic heterocycles. The van der Waals surface area contributed by atoms with E-state index in [1.165, 1.54) is 0 Å². The summed E-state index contributed by atoms with van der Waals surface area (Å²) in [6.45, 7) is 3.71. The Morgan fingerprint density at radius 2 is 2.26 bits per heavy atom. The van der Waals surface area contributed by atoms with Crippen LogP contribution in [0.5, 0.6) is 5.75 Å². The Hall–Kier alpha value is -1.51. The molecule has 5 heteroatoms. The van der Waals surface area contributed by atoms with Crippen molar-refractivity contribution in [1.29, 1.82) is 0 Å². The number of hydrogen-bond acceptors (Lipinski definition) is 3. The summed E-state index contributed by atoms with van der Waals surface area (Å²) in [6.07, 6.45) is 4.45. The Labute approximate surface area is 121 Å². The number of benzene rings is 1. The minimum absolute atomic E-state index is 0.177. The maximum Gasteiger partial charge on any atom is 0.261 e. The first-order valence-corrected chi connectivity index (χ1v) is 6.68. The summed E-state index contributed by atoms with van der Waals surface area (Å²) >= 11 is 3.37. The average Bonchev–Trinajstić information content (AvgIpc) is 2.35. The Balaban J connectivity index is 2.84. The van der Waals surface area contributed by atoms with Crippen molar-refractivity contribution < 1.29 is 9.53 Å². The maximum absolute atomic E-state index is 11.7. The fourth-order valence-corrected chi connectivity index (χ4v) is 1.85. The van der Waals surface area contributed by atoms with E-state index in [4.69, 9.17) is 16.9 Å². The van der Waals surface area contributed by atoms with E-state index in [-0.39, 0.29) is 18.5 Å². The van der Waals surface area contributed by atoms with Crippen molar-refractivity contribution in [1.82, 2.24) is 5.32 Å². The maximum atomic E-state index is 11.7. The van der Waals surface area contributed by atoms with Gasteiger partial charge < -0.3 is 15.8 Å². The van der Waals surface area contributed by atoms with E-state index >= 15 is 0 Å². The Bertz CT molecular complexity index is 495. The van der Waals surface area contributed by atoms with Crippen molar-refractivity contribution in [3.8, 4) is 18.1 Å². The van der Waals surface area contributed by atoms with Gasteiger partial charge in [-0.15, -0.1) is 6.42 Å². The van der Waals surface area contributed by atoms with E-state index in [0.717, 1.165) is 10.0 Å². The lowest BCUT2D eigenvalue weighted by Gasteiger charge is -2.18. The van der Waals surface area contributed by atoms with Gasteiger partial charge in [-0.1, -0.05) is 27.9 Å². The average molecular weight is 325 g/mol. The highest BCUT2D eigenvalue weighted by Crippen LogP contribution is 2.28. The number of terminal acetylenes is 1. The number of carbonyl (C=O) groups is 1. The van der Waals surface area contributed by atoms with E-state index < -0.39 is 6.10 Å². The fourth-order valence-electron chi connectivity index (χ4n) is 1.51. The quantitative estimate of drug-likeness (QED) is 0.814. The number of nitrogens with two attached hydrogens (primary N) is 1. The van der Waals surface area contributed by atoms with Gasteiger partial charge in [-0.3, -0.25) is 4.79 Å². The molecular weight excluding hydrogens is 308 g/mol. The normalized spacial score (nSPS) is 13.2. The van der Waals surface area contributed by atoms with E-state index in [1.54, 1.807) is 13.0 Å². The van der Waals surface area contributed by atoms with Gasteiger partial charge in [0.2, 0.25) is 0 Å². The number of hydrogen-bond donors (Lipinski definition) is 2. The van der Waals surface area contributed by atoms with E-state index in [9.17, 15) is 4.79 Å². The molecule has 0 saturated carbocycles. The summed E-state index contributed by atoms with van der Waals surface area (Å²) in [5.41, 5.74) is 6.72. The van der Waals surface area contributed by atoms with Crippen molar-refractivity contribution >= 4 is 21.8 Å². The van der Waals surface area contributed by atoms with Gasteiger partial charge in [0.05, 0.1) is 6.54 Å². The third-order valence-electron chi connectivity index (χ3n) is 2.50. The Morgan fingerprint density at radius 1 is 1.58 bits per heavy atom. The van der Waals surface area contributed by atoms with Gasteiger partial charge in [-0.2, -0.15) is 0 Å². The number of halogens is 1. The van der Waals surface area contributed by atoms with Gasteiger partial charge >= 0.3 is 0 Å². The van der Waals surface area contributed by atoms with Gasteiger partial charge in [-0.25, -0.2) is 0 Å². The molecule has 102 valence electrons. The van der Waals surface area contributed by atoms with Gasteiger partial charge in [0.25, 0.3) is 5.91 Å². The van der Waals surface area contributed by atoms with Crippen molar-refractivity contribution in [3.63, 3.8) is 0 Å². The molecule has 1 aromatic rings. The smallest absolute Gasteiger partial charge is 0.261 e. The predicted octanol–water partition coefficient (Wildman–Crippen LogP) is 1.99. The van der Waals surface area contributed by atoms with Crippen LogP contribution in [0.4, 0.5) is 0 Å². The number of carbonyl (C=O) groups excluding carboxylic acids is 1. The second kappa shape index (κ2) is 7.17. The number of rotatable bonds is 5. The topological polar surface area (TPSA) is 64.3 Å². The molecule has 1 amide bonds. The van der Waals surface area contributed by atoms with Crippen LogP contribution in [0.2, 0.25) is 0 Å². The van der Waals surface area contributed by atoms with Crippen LogP contribution >= 0.6 is 15.9 Å². The zero-order chi connectivity index (χ0) is 14.4. The van der Waals surface area contributed by atoms with Crippen LogP contribution in [0.25, 0.3) is 0 Å². The van der Waals surface area contributed by atoms with Crippen LogP contribution in [-0.4, -0.2) is 18.6 Å². The summed E-state index contributed by atoms with van der Waals surface area (Å²) in [4.78, 5) is 11.7. The van der Waals surface area contributed by atoms with Crippen LogP contribution in [0.15, 0.2) is 22.7 Å². The molecule has 1 rings (SSSR count). The minimum atomic E-state index is -0.639. The lowest BCUT2D eigenvalue weighted by molar-refractivity contribution is -0.127. The van der Waals surface area contributed by atoms with Crippen LogP contribution in [0.3, 0.4) is 0 Å². The monoisotopic (exact) mass is 324 g/mol. The van der Waals surface area contributed by atoms with Crippen molar-refractivity contribution in [2.24, 2.45) is 5.73 Å². The predicted molar refractivity (Wildman–Crippen MR) is 78.7 cm³/mol. The fraction of sp³-hybridized carbons (Fsp3) is 0.357. The second-order valence-corrected chi connectivity index (χ2v) is 5.07. The number of ether oxygens (including phenoxy) is 1. The molecular formula is C14H17BrN2O2. The molecule has 0 saturated heterocycles. The first-order valence-electron chi connectivity index (χ1n) is 5.88. The summed E-state index contributed by atoms with van der Waals surface area (Å²) in [7, 11) is 0. The van der Waals surface area contributed by atoms with Gasteiger partial charge in [0, 0.05) is 16.1 Å². The molecule has 0 aliphatic carbocycles. The molecule has 0 aliphatic rings. The van der Waals surface area contributed by atoms with Crippen LogP contribution in [-0.2, 0) is 4.79 Å². The molecule has 2 unspecified atom stereocenters. The number of nitrogens with one attached hydrogen (secondary N) is 1. The molecule has 0 spiro atoms. The Morgan fingerprint density at radius 3 is 2.84 bits per heavy atom. The summed E-state index contributed by atoms with van der Waals surface area (Å²) in [6, 6.07) is 5.37. The third-order valence-corrected chi connectivity index (χ3v) is 3.00. The minimum Gasteiger partial charge on any atom is -0.481 e. The molecule has 0 heterocycles. The highest BCUT2D eigenvalue weighted by Gasteiger charge is 2.17. The highest BCUT2D eigenvalue weighted by molar-refractivity contribution is 9.10. The van der Waals surface area contributed by atoms with E-state index in [0.29, 0.717) is 5.75 Å². The zero-order valence-corrected chi connectivity index (χ0v) is 12.5. The molecule has 0 aliphatic heterocycles. The first-order chi connectivity index (χ1) is 8.95. The van der Waals surface area contributed by atoms with Crippen LogP contribution < -0.4 is 15.8 Å². The van der Waals surface area contributed by atoms with Gasteiger partial charge in [0.1, 0.15) is 5.75 Å². The highest BCUT2D eigenvalue weighted by atomic mass is 79.9. The van der Waals surface area contributed by atoms with Crippen LogP contribution in [0, 0.1) is 12.3 Å². The van der Waals surface area contributed by atoms with Crippen molar-refractivity contribution in [3.05, 3.63) is 28.2 Å². The summed E-state index contributed by atoms with van der Waals surface area (Å²) in [5.74, 6) is 2.68. The van der Waals surface area contributed by atoms with E-state index in [1.807, 2.05) is 19.1 Å². The molecule has 0 bridgehead atoms. The lowest BCUT2D eigenvalue weighted by Crippen LogP contribution is -2.36. The SMILES string of the molecule is C#CCNC(=O)C(C)Oc1cc(Br)ccc1C(C)N. The largest absolute Gasteiger partial charge is 0.481 e. The standard InChI is InChI=1S/C14H17BrN2O2/c1-4-7-17-14(18)10(3)19-13-8-11(15)5-6-12(13)9(2)16/h1,5-6,8-10H,7,16H2,2-3H3,(H,17,18). The molecule has 0 fully saturated rings. The Kier molecular flexibility index (Phi) is 5.87. The molecule has 4 nitrogen and oxygen atoms in total. The molecule has 1 aromatic carbocycles.